The Balaban J connectivity index is 1.79. The van der Waals surface area contributed by atoms with Crippen molar-refractivity contribution in [2.45, 2.75) is 50.5 Å². The van der Waals surface area contributed by atoms with Gasteiger partial charge in [-0.1, -0.05) is 19.3 Å². The van der Waals surface area contributed by atoms with Crippen molar-refractivity contribution in [3.8, 4) is 0 Å². The van der Waals surface area contributed by atoms with E-state index in [0.717, 1.165) is 19.0 Å². The molecule has 2 aliphatic carbocycles. The lowest BCUT2D eigenvalue weighted by atomic mass is 9.85. The summed E-state index contributed by atoms with van der Waals surface area (Å²) < 4.78 is 0. The third-order valence-corrected chi connectivity index (χ3v) is 4.82. The van der Waals surface area contributed by atoms with Gasteiger partial charge >= 0.3 is 0 Å². The predicted molar refractivity (Wildman–Crippen MR) is 76.7 cm³/mol. The normalized spacial score (nSPS) is 24.3. The molecule has 0 aromatic carbocycles. The molecular weight excluding hydrogens is 224 g/mol. The van der Waals surface area contributed by atoms with Crippen molar-refractivity contribution in [2.75, 3.05) is 27.2 Å². The van der Waals surface area contributed by atoms with Gasteiger partial charge in [0.25, 0.3) is 0 Å². The first-order valence-electron chi connectivity index (χ1n) is 7.34. The topological polar surface area (TPSA) is 53.6 Å². The highest BCUT2D eigenvalue weighted by molar-refractivity contribution is 5.77. The molecule has 2 fully saturated rings. The molecule has 0 unspecified atom stereocenters. The SMILES string of the molecule is CN(C)C1(CN=C(N)NCC2CCC2)CCCC1. The molecule has 4 heteroatoms. The number of aliphatic imine (C=N–C) groups is 1. The van der Waals surface area contributed by atoms with E-state index in [1.54, 1.807) is 0 Å². The number of guanidine groups is 1. The predicted octanol–water partition coefficient (Wildman–Crippen LogP) is 1.57. The number of nitrogens with zero attached hydrogens (tertiary/aromatic N) is 2. The van der Waals surface area contributed by atoms with Gasteiger partial charge in [0.05, 0.1) is 6.54 Å². The molecule has 2 aliphatic rings. The Morgan fingerprint density at radius 1 is 1.28 bits per heavy atom. The van der Waals surface area contributed by atoms with E-state index in [1.165, 1.54) is 44.9 Å². The van der Waals surface area contributed by atoms with Gasteiger partial charge in [-0.3, -0.25) is 4.99 Å². The molecule has 0 aliphatic heterocycles. The lowest BCUT2D eigenvalue weighted by molar-refractivity contribution is 0.167. The lowest BCUT2D eigenvalue weighted by Gasteiger charge is -2.35. The molecule has 3 N–H and O–H groups in total. The summed E-state index contributed by atoms with van der Waals surface area (Å²) in [6, 6.07) is 0. The number of hydrogen-bond acceptors (Lipinski definition) is 2. The summed E-state index contributed by atoms with van der Waals surface area (Å²) in [6.45, 7) is 1.84. The van der Waals surface area contributed by atoms with Crippen LogP contribution in [0.3, 0.4) is 0 Å². The zero-order valence-corrected chi connectivity index (χ0v) is 11.9. The first-order valence-corrected chi connectivity index (χ1v) is 7.34. The fourth-order valence-corrected chi connectivity index (χ4v) is 3.01. The summed E-state index contributed by atoms with van der Waals surface area (Å²) in [5.41, 5.74) is 6.21. The minimum Gasteiger partial charge on any atom is -0.370 e. The van der Waals surface area contributed by atoms with Crippen LogP contribution in [0.25, 0.3) is 0 Å². The summed E-state index contributed by atoms with van der Waals surface area (Å²) in [7, 11) is 4.33. The van der Waals surface area contributed by atoms with E-state index in [2.05, 4.69) is 29.3 Å². The largest absolute Gasteiger partial charge is 0.370 e. The Kier molecular flexibility index (Phi) is 4.49. The summed E-state index contributed by atoms with van der Waals surface area (Å²) in [6.07, 6.45) is 9.22. The molecule has 0 heterocycles. The minimum atomic E-state index is 0.253. The van der Waals surface area contributed by atoms with Gasteiger partial charge in [-0.15, -0.1) is 0 Å². The second kappa shape index (κ2) is 5.91. The van der Waals surface area contributed by atoms with Gasteiger partial charge in [0.2, 0.25) is 0 Å². The Hall–Kier alpha value is -0.770. The fourth-order valence-electron chi connectivity index (χ4n) is 3.01. The van der Waals surface area contributed by atoms with Crippen molar-refractivity contribution < 1.29 is 0 Å². The van der Waals surface area contributed by atoms with Crippen molar-refractivity contribution in [1.29, 1.82) is 0 Å². The van der Waals surface area contributed by atoms with Crippen LogP contribution in [0.15, 0.2) is 4.99 Å². The molecule has 0 spiro atoms. The highest BCUT2D eigenvalue weighted by Crippen LogP contribution is 2.33. The smallest absolute Gasteiger partial charge is 0.188 e. The zero-order chi connectivity index (χ0) is 13.0. The second-order valence-corrected chi connectivity index (χ2v) is 6.21. The van der Waals surface area contributed by atoms with Crippen molar-refractivity contribution >= 4 is 5.96 Å². The molecular formula is C14H28N4. The van der Waals surface area contributed by atoms with Crippen LogP contribution in [0, 0.1) is 5.92 Å². The van der Waals surface area contributed by atoms with Crippen LogP contribution in [-0.2, 0) is 0 Å². The van der Waals surface area contributed by atoms with Gasteiger partial charge in [0.1, 0.15) is 0 Å². The monoisotopic (exact) mass is 252 g/mol. The van der Waals surface area contributed by atoms with E-state index in [4.69, 9.17) is 5.73 Å². The highest BCUT2D eigenvalue weighted by Gasteiger charge is 2.35. The molecule has 0 radical (unpaired) electrons. The van der Waals surface area contributed by atoms with Crippen LogP contribution in [-0.4, -0.2) is 43.6 Å². The van der Waals surface area contributed by atoms with Gasteiger partial charge in [-0.05, 0) is 45.7 Å². The van der Waals surface area contributed by atoms with Crippen LogP contribution in [0.1, 0.15) is 44.9 Å². The van der Waals surface area contributed by atoms with Crippen molar-refractivity contribution in [1.82, 2.24) is 10.2 Å². The van der Waals surface area contributed by atoms with Crippen molar-refractivity contribution in [3.63, 3.8) is 0 Å². The van der Waals surface area contributed by atoms with Crippen LogP contribution >= 0.6 is 0 Å². The Morgan fingerprint density at radius 2 is 1.94 bits per heavy atom. The number of likely N-dealkylation sites (N-methyl/N-ethyl adjacent to an activating group) is 1. The van der Waals surface area contributed by atoms with E-state index in [0.29, 0.717) is 5.96 Å². The molecule has 0 aromatic rings. The average molecular weight is 252 g/mol. The number of hydrogen-bond donors (Lipinski definition) is 2. The number of nitrogens with two attached hydrogens (primary N) is 1. The molecule has 104 valence electrons. The summed E-state index contributed by atoms with van der Waals surface area (Å²) in [5, 5.41) is 3.27. The van der Waals surface area contributed by atoms with Gasteiger partial charge in [0, 0.05) is 12.1 Å². The summed E-state index contributed by atoms with van der Waals surface area (Å²) in [4.78, 5) is 6.91. The van der Waals surface area contributed by atoms with E-state index >= 15 is 0 Å². The van der Waals surface area contributed by atoms with Gasteiger partial charge in [-0.2, -0.15) is 0 Å². The number of nitrogens with one attached hydrogen (secondary N) is 1. The molecule has 4 nitrogen and oxygen atoms in total. The van der Waals surface area contributed by atoms with Crippen LogP contribution in [0.2, 0.25) is 0 Å². The molecule has 0 aromatic heterocycles. The molecule has 0 saturated heterocycles. The molecule has 0 atom stereocenters. The van der Waals surface area contributed by atoms with Crippen molar-refractivity contribution in [3.05, 3.63) is 0 Å². The quantitative estimate of drug-likeness (QED) is 0.577. The van der Waals surface area contributed by atoms with Crippen LogP contribution in [0.4, 0.5) is 0 Å². The second-order valence-electron chi connectivity index (χ2n) is 6.21. The van der Waals surface area contributed by atoms with E-state index < -0.39 is 0 Å². The van der Waals surface area contributed by atoms with Gasteiger partial charge in [0.15, 0.2) is 5.96 Å². The maximum atomic E-state index is 5.96. The first-order chi connectivity index (χ1) is 8.62. The van der Waals surface area contributed by atoms with Crippen molar-refractivity contribution in [2.24, 2.45) is 16.6 Å². The molecule has 2 saturated carbocycles. The summed E-state index contributed by atoms with van der Waals surface area (Å²) >= 11 is 0. The molecule has 18 heavy (non-hydrogen) atoms. The van der Waals surface area contributed by atoms with Crippen LogP contribution in [0.5, 0.6) is 0 Å². The Bertz CT molecular complexity index is 288. The standard InChI is InChI=1S/C14H28N4/c1-18(2)14(8-3-4-9-14)11-17-13(15)16-10-12-6-5-7-12/h12H,3-11H2,1-2H3,(H3,15,16,17). The van der Waals surface area contributed by atoms with E-state index in [-0.39, 0.29) is 5.54 Å². The van der Waals surface area contributed by atoms with E-state index in [9.17, 15) is 0 Å². The molecule has 2 rings (SSSR count). The Labute approximate surface area is 111 Å². The highest BCUT2D eigenvalue weighted by atomic mass is 15.2. The first kappa shape index (κ1) is 13.7. The fraction of sp³-hybridized carbons (Fsp3) is 0.929. The lowest BCUT2D eigenvalue weighted by Crippen LogP contribution is -2.46. The van der Waals surface area contributed by atoms with Crippen LogP contribution < -0.4 is 11.1 Å². The van der Waals surface area contributed by atoms with Gasteiger partial charge < -0.3 is 16.0 Å². The zero-order valence-electron chi connectivity index (χ0n) is 11.9. The third-order valence-electron chi connectivity index (χ3n) is 4.82. The van der Waals surface area contributed by atoms with E-state index in [1.807, 2.05) is 0 Å². The molecule has 0 bridgehead atoms. The number of rotatable bonds is 5. The maximum absolute atomic E-state index is 5.96. The minimum absolute atomic E-state index is 0.253. The third kappa shape index (κ3) is 3.16. The molecule has 0 amide bonds. The van der Waals surface area contributed by atoms with Gasteiger partial charge in [-0.25, -0.2) is 0 Å². The maximum Gasteiger partial charge on any atom is 0.188 e. The Morgan fingerprint density at radius 3 is 2.44 bits per heavy atom. The average Bonchev–Trinajstić information content (AvgIpc) is 2.74. The summed E-state index contributed by atoms with van der Waals surface area (Å²) in [5.74, 6) is 1.46.